The number of hydrogen-bond acceptors (Lipinski definition) is 6. The van der Waals surface area contributed by atoms with Gasteiger partial charge >= 0.3 is 12.2 Å². The number of nitrogens with zero attached hydrogens (tertiary/aromatic N) is 3. The van der Waals surface area contributed by atoms with Gasteiger partial charge < -0.3 is 19.7 Å². The van der Waals surface area contributed by atoms with Crippen LogP contribution in [0.5, 0.6) is 11.5 Å². The highest BCUT2D eigenvalue weighted by Crippen LogP contribution is 2.36. The van der Waals surface area contributed by atoms with Gasteiger partial charge in [-0.05, 0) is 68.8 Å². The van der Waals surface area contributed by atoms with Crippen LogP contribution in [0.25, 0.3) is 33.2 Å². The Balaban J connectivity index is 1.68. The largest absolute Gasteiger partial charge is 0.508 e. The zero-order chi connectivity index (χ0) is 26.3. The van der Waals surface area contributed by atoms with Crippen molar-refractivity contribution < 1.29 is 29.3 Å². The standard InChI is InChI=1S/C28H25N3O6/c1-28(2,3)37-27(35)30-22-11-9-19(32)13-18(22)14-24(30)25-21-15-20(36-16-17-7-5-4-6-8-17)10-12-23(21)31(29-25)26(33)34/h4-15,32H,16H2,1-3H3,(H,33,34). The van der Waals surface area contributed by atoms with E-state index >= 15 is 0 Å². The molecule has 188 valence electrons. The molecule has 5 aromatic rings. The minimum atomic E-state index is -1.27. The second-order valence-corrected chi connectivity index (χ2v) is 9.58. The van der Waals surface area contributed by atoms with E-state index in [0.29, 0.717) is 39.9 Å². The second-order valence-electron chi connectivity index (χ2n) is 9.58. The normalized spacial score (nSPS) is 11.6. The van der Waals surface area contributed by atoms with Gasteiger partial charge in [0, 0.05) is 10.8 Å². The van der Waals surface area contributed by atoms with Crippen LogP contribution >= 0.6 is 0 Å². The Hall–Kier alpha value is -4.79. The van der Waals surface area contributed by atoms with Gasteiger partial charge in [-0.2, -0.15) is 9.78 Å². The first kappa shape index (κ1) is 23.9. The predicted molar refractivity (Wildman–Crippen MR) is 138 cm³/mol. The average molecular weight is 500 g/mol. The van der Waals surface area contributed by atoms with Gasteiger partial charge in [-0.1, -0.05) is 30.3 Å². The van der Waals surface area contributed by atoms with Gasteiger partial charge in [-0.3, -0.25) is 0 Å². The fraction of sp³-hybridized carbons (Fsp3) is 0.179. The number of carboxylic acid groups (broad SMARTS) is 1. The van der Waals surface area contributed by atoms with E-state index in [0.717, 1.165) is 10.2 Å². The van der Waals surface area contributed by atoms with Crippen LogP contribution in [0.1, 0.15) is 26.3 Å². The molecule has 0 saturated heterocycles. The molecule has 0 atom stereocenters. The molecule has 0 bridgehead atoms. The summed E-state index contributed by atoms with van der Waals surface area (Å²) in [7, 11) is 0. The molecule has 0 aliphatic carbocycles. The van der Waals surface area contributed by atoms with E-state index in [1.54, 1.807) is 51.1 Å². The summed E-state index contributed by atoms with van der Waals surface area (Å²) in [5.74, 6) is 0.540. The summed E-state index contributed by atoms with van der Waals surface area (Å²) in [4.78, 5) is 25.3. The van der Waals surface area contributed by atoms with Crippen molar-refractivity contribution in [1.82, 2.24) is 14.3 Å². The van der Waals surface area contributed by atoms with E-state index in [4.69, 9.17) is 9.47 Å². The lowest BCUT2D eigenvalue weighted by molar-refractivity contribution is 0.0547. The van der Waals surface area contributed by atoms with Crippen LogP contribution in [-0.4, -0.2) is 42.3 Å². The third kappa shape index (κ3) is 4.71. The van der Waals surface area contributed by atoms with Gasteiger partial charge in [0.25, 0.3) is 0 Å². The Bertz CT molecular complexity index is 1640. The molecule has 2 N–H and O–H groups in total. The quantitative estimate of drug-likeness (QED) is 0.300. The Morgan fingerprint density at radius 2 is 1.68 bits per heavy atom. The van der Waals surface area contributed by atoms with E-state index in [1.165, 1.54) is 16.7 Å². The van der Waals surface area contributed by atoms with Crippen LogP contribution in [0.3, 0.4) is 0 Å². The summed E-state index contributed by atoms with van der Waals surface area (Å²) < 4.78 is 13.8. The molecule has 2 heterocycles. The molecule has 2 aromatic heterocycles. The van der Waals surface area contributed by atoms with Crippen LogP contribution in [0, 0.1) is 0 Å². The summed E-state index contributed by atoms with van der Waals surface area (Å²) in [6.07, 6.45) is -1.93. The van der Waals surface area contributed by atoms with Crippen molar-refractivity contribution in [3.8, 4) is 22.9 Å². The molecule has 0 radical (unpaired) electrons. The lowest BCUT2D eigenvalue weighted by Gasteiger charge is -2.20. The molecule has 5 rings (SSSR count). The third-order valence-corrected chi connectivity index (χ3v) is 5.68. The highest BCUT2D eigenvalue weighted by Gasteiger charge is 2.26. The first-order valence-electron chi connectivity index (χ1n) is 11.6. The summed E-state index contributed by atoms with van der Waals surface area (Å²) in [6.45, 7) is 5.60. The number of ether oxygens (including phenoxy) is 2. The number of aromatic nitrogens is 3. The SMILES string of the molecule is CC(C)(C)OC(=O)n1c(-c2nn(C(=O)O)c3ccc(OCc4ccccc4)cc23)cc2cc(O)ccc21. The second kappa shape index (κ2) is 9.02. The monoisotopic (exact) mass is 499 g/mol. The van der Waals surface area contributed by atoms with Gasteiger partial charge in [-0.15, -0.1) is 0 Å². The predicted octanol–water partition coefficient (Wildman–Crippen LogP) is 6.25. The van der Waals surface area contributed by atoms with Crippen molar-refractivity contribution in [2.75, 3.05) is 0 Å². The number of phenols is 1. The number of aromatic hydroxyl groups is 1. The van der Waals surface area contributed by atoms with Crippen molar-refractivity contribution in [2.24, 2.45) is 0 Å². The number of rotatable bonds is 4. The molecular weight excluding hydrogens is 474 g/mol. The van der Waals surface area contributed by atoms with Crippen LogP contribution in [0.15, 0.2) is 72.8 Å². The minimum absolute atomic E-state index is 0.0258. The Kier molecular flexibility index (Phi) is 5.83. The Morgan fingerprint density at radius 1 is 0.946 bits per heavy atom. The van der Waals surface area contributed by atoms with E-state index in [-0.39, 0.29) is 11.4 Å². The maximum Gasteiger partial charge on any atom is 0.432 e. The van der Waals surface area contributed by atoms with Crippen molar-refractivity contribution in [2.45, 2.75) is 33.0 Å². The number of carbonyl (C=O) groups excluding carboxylic acids is 1. The molecule has 0 spiro atoms. The Morgan fingerprint density at radius 3 is 2.38 bits per heavy atom. The maximum absolute atomic E-state index is 13.3. The summed E-state index contributed by atoms with van der Waals surface area (Å²) in [5, 5.41) is 25.2. The molecule has 0 unspecified atom stereocenters. The smallest absolute Gasteiger partial charge is 0.432 e. The van der Waals surface area contributed by atoms with Crippen LogP contribution in [-0.2, 0) is 11.3 Å². The molecule has 0 amide bonds. The van der Waals surface area contributed by atoms with Gasteiger partial charge in [0.1, 0.15) is 29.4 Å². The van der Waals surface area contributed by atoms with Gasteiger partial charge in [0.15, 0.2) is 0 Å². The first-order chi connectivity index (χ1) is 17.6. The average Bonchev–Trinajstić information content (AvgIpc) is 3.40. The molecular formula is C28H25N3O6. The number of hydrogen-bond donors (Lipinski definition) is 2. The highest BCUT2D eigenvalue weighted by molar-refractivity contribution is 6.03. The topological polar surface area (TPSA) is 116 Å². The zero-order valence-electron chi connectivity index (χ0n) is 20.5. The lowest BCUT2D eigenvalue weighted by atomic mass is 10.1. The van der Waals surface area contributed by atoms with E-state index < -0.39 is 17.8 Å². The van der Waals surface area contributed by atoms with E-state index in [1.807, 2.05) is 30.3 Å². The number of carbonyl (C=O) groups is 2. The van der Waals surface area contributed by atoms with Crippen LogP contribution < -0.4 is 4.74 Å². The van der Waals surface area contributed by atoms with Crippen molar-refractivity contribution >= 4 is 34.0 Å². The third-order valence-electron chi connectivity index (χ3n) is 5.68. The molecule has 0 aliphatic heterocycles. The lowest BCUT2D eigenvalue weighted by Crippen LogP contribution is -2.27. The van der Waals surface area contributed by atoms with Crippen LogP contribution in [0.4, 0.5) is 9.59 Å². The number of benzene rings is 3. The first-order valence-corrected chi connectivity index (χ1v) is 11.6. The summed E-state index contributed by atoms with van der Waals surface area (Å²) in [6, 6.07) is 20.9. The van der Waals surface area contributed by atoms with Crippen LogP contribution in [0.2, 0.25) is 0 Å². The van der Waals surface area contributed by atoms with Crippen molar-refractivity contribution in [3.63, 3.8) is 0 Å². The Labute approximate surface area is 212 Å². The van der Waals surface area contributed by atoms with Gasteiger partial charge in [0.2, 0.25) is 0 Å². The van der Waals surface area contributed by atoms with E-state index in [9.17, 15) is 19.8 Å². The highest BCUT2D eigenvalue weighted by atomic mass is 16.6. The van der Waals surface area contributed by atoms with Gasteiger partial charge in [-0.25, -0.2) is 14.2 Å². The summed E-state index contributed by atoms with van der Waals surface area (Å²) in [5.41, 5.74) is 1.59. The fourth-order valence-electron chi connectivity index (χ4n) is 4.14. The molecule has 37 heavy (non-hydrogen) atoms. The summed E-state index contributed by atoms with van der Waals surface area (Å²) >= 11 is 0. The van der Waals surface area contributed by atoms with Gasteiger partial charge in [0.05, 0.1) is 16.7 Å². The maximum atomic E-state index is 13.3. The molecule has 3 aromatic carbocycles. The van der Waals surface area contributed by atoms with E-state index in [2.05, 4.69) is 5.10 Å². The molecule has 9 heteroatoms. The van der Waals surface area contributed by atoms with Crippen molar-refractivity contribution in [1.29, 1.82) is 0 Å². The zero-order valence-corrected chi connectivity index (χ0v) is 20.5. The number of phenolic OH excluding ortho intramolecular Hbond substituents is 1. The van der Waals surface area contributed by atoms with Crippen molar-refractivity contribution in [3.05, 3.63) is 78.4 Å². The minimum Gasteiger partial charge on any atom is -0.508 e. The molecule has 0 aliphatic rings. The molecule has 0 saturated carbocycles. The molecule has 0 fully saturated rings. The molecule has 9 nitrogen and oxygen atoms in total. The number of fused-ring (bicyclic) bond motifs is 2. The fourth-order valence-corrected chi connectivity index (χ4v) is 4.14.